The molecule has 0 aliphatic rings. The van der Waals surface area contributed by atoms with E-state index in [2.05, 4.69) is 18.8 Å². The van der Waals surface area contributed by atoms with Crippen molar-refractivity contribution in [3.8, 4) is 0 Å². The summed E-state index contributed by atoms with van der Waals surface area (Å²) in [5.41, 5.74) is 7.97. The quantitative estimate of drug-likeness (QED) is 0.803. The lowest BCUT2D eigenvalue weighted by molar-refractivity contribution is 0.0667. The Morgan fingerprint density at radius 1 is 1.43 bits per heavy atom. The smallest absolute Gasteiger partial charge is 0.270 e. The molecular weight excluding hydrogens is 266 g/mol. The number of hydrogen-bond acceptors (Lipinski definition) is 3. The van der Waals surface area contributed by atoms with Crippen LogP contribution in [0.2, 0.25) is 0 Å². The molecule has 0 atom stereocenters. The zero-order valence-corrected chi connectivity index (χ0v) is 12.8. The number of nitrogen functional groups attached to an aromatic ring is 1. The monoisotopic (exact) mass is 289 g/mol. The van der Waals surface area contributed by atoms with Gasteiger partial charge in [0.15, 0.2) is 0 Å². The third-order valence-corrected chi connectivity index (χ3v) is 3.36. The van der Waals surface area contributed by atoms with E-state index in [0.717, 1.165) is 10.9 Å². The second kappa shape index (κ2) is 6.63. The molecule has 1 heterocycles. The third-order valence-electron chi connectivity index (χ3n) is 3.36. The number of amides is 1. The maximum Gasteiger partial charge on any atom is 0.270 e. The van der Waals surface area contributed by atoms with Crippen molar-refractivity contribution >= 4 is 22.5 Å². The van der Waals surface area contributed by atoms with E-state index in [4.69, 9.17) is 10.5 Å². The van der Waals surface area contributed by atoms with Gasteiger partial charge in [-0.1, -0.05) is 26.0 Å². The van der Waals surface area contributed by atoms with Gasteiger partial charge in [0.05, 0.1) is 17.8 Å². The van der Waals surface area contributed by atoms with Gasteiger partial charge in [0.1, 0.15) is 5.69 Å². The minimum absolute atomic E-state index is 0.0173. The van der Waals surface area contributed by atoms with Crippen molar-refractivity contribution in [3.63, 3.8) is 0 Å². The van der Waals surface area contributed by atoms with E-state index in [1.807, 2.05) is 29.2 Å². The molecule has 0 saturated carbocycles. The molecule has 0 unspecified atom stereocenters. The summed E-state index contributed by atoms with van der Waals surface area (Å²) in [5.74, 6) is 0.386. The van der Waals surface area contributed by atoms with Gasteiger partial charge in [0.2, 0.25) is 0 Å². The third kappa shape index (κ3) is 3.55. The number of nitrogens with two attached hydrogens (primary N) is 1. The van der Waals surface area contributed by atoms with Crippen LogP contribution in [0.3, 0.4) is 0 Å². The maximum atomic E-state index is 12.7. The molecule has 0 aliphatic carbocycles. The molecule has 3 N–H and O–H groups in total. The summed E-state index contributed by atoms with van der Waals surface area (Å²) in [5, 5.41) is 0.953. The molecule has 2 rings (SSSR count). The highest BCUT2D eigenvalue weighted by Gasteiger charge is 2.19. The Bertz CT molecular complexity index is 619. The van der Waals surface area contributed by atoms with Crippen LogP contribution >= 0.6 is 0 Å². The molecular formula is C16H23N3O2. The Hall–Kier alpha value is -2.01. The van der Waals surface area contributed by atoms with E-state index in [1.165, 1.54) is 0 Å². The van der Waals surface area contributed by atoms with Crippen molar-refractivity contribution < 1.29 is 9.53 Å². The van der Waals surface area contributed by atoms with E-state index in [-0.39, 0.29) is 5.91 Å². The van der Waals surface area contributed by atoms with Crippen LogP contribution in [0.1, 0.15) is 24.3 Å². The van der Waals surface area contributed by atoms with Gasteiger partial charge in [-0.15, -0.1) is 0 Å². The fraction of sp³-hybridized carbons (Fsp3) is 0.438. The molecule has 0 bridgehead atoms. The number of fused-ring (bicyclic) bond motifs is 1. The Morgan fingerprint density at radius 3 is 2.81 bits per heavy atom. The molecule has 0 radical (unpaired) electrons. The molecule has 1 aromatic carbocycles. The normalized spacial score (nSPS) is 11.2. The number of nitrogens with zero attached hydrogens (tertiary/aromatic N) is 1. The second-order valence-corrected chi connectivity index (χ2v) is 5.63. The number of anilines is 1. The first kappa shape index (κ1) is 15.4. The van der Waals surface area contributed by atoms with Crippen LogP contribution in [0.25, 0.3) is 10.9 Å². The zero-order chi connectivity index (χ0) is 15.4. The van der Waals surface area contributed by atoms with Gasteiger partial charge in [-0.3, -0.25) is 4.79 Å². The number of aromatic nitrogens is 1. The predicted molar refractivity (Wildman–Crippen MR) is 85.3 cm³/mol. The fourth-order valence-electron chi connectivity index (χ4n) is 2.38. The van der Waals surface area contributed by atoms with E-state index in [1.54, 1.807) is 7.11 Å². The molecule has 2 aromatic rings. The SMILES string of the molecule is COCCN(CC(C)C)C(=O)c1cc2cccc(N)c2[nH]1. The summed E-state index contributed by atoms with van der Waals surface area (Å²) in [7, 11) is 1.64. The van der Waals surface area contributed by atoms with Crippen LogP contribution in [-0.4, -0.2) is 42.6 Å². The van der Waals surface area contributed by atoms with Gasteiger partial charge in [-0.25, -0.2) is 0 Å². The van der Waals surface area contributed by atoms with E-state index < -0.39 is 0 Å². The van der Waals surface area contributed by atoms with E-state index in [0.29, 0.717) is 37.0 Å². The Balaban J connectivity index is 2.27. The molecule has 1 amide bonds. The Kier molecular flexibility index (Phi) is 4.85. The average Bonchev–Trinajstić information content (AvgIpc) is 2.88. The standard InChI is InChI=1S/C16H23N3O2/c1-11(2)10-19(7-8-21-3)16(20)14-9-12-5-4-6-13(17)15(12)18-14/h4-6,9,11,18H,7-8,10,17H2,1-3H3. The molecule has 21 heavy (non-hydrogen) atoms. The van der Waals surface area contributed by atoms with Crippen LogP contribution in [0, 0.1) is 5.92 Å². The van der Waals surface area contributed by atoms with Crippen LogP contribution in [-0.2, 0) is 4.74 Å². The average molecular weight is 289 g/mol. The van der Waals surface area contributed by atoms with Gasteiger partial charge in [0, 0.05) is 25.6 Å². The van der Waals surface area contributed by atoms with Crippen molar-refractivity contribution in [2.75, 3.05) is 32.5 Å². The number of aromatic amines is 1. The number of ether oxygens (including phenoxy) is 1. The fourth-order valence-corrected chi connectivity index (χ4v) is 2.38. The van der Waals surface area contributed by atoms with E-state index >= 15 is 0 Å². The minimum atomic E-state index is -0.0173. The zero-order valence-electron chi connectivity index (χ0n) is 12.8. The molecule has 0 aliphatic heterocycles. The van der Waals surface area contributed by atoms with Crippen LogP contribution in [0.15, 0.2) is 24.3 Å². The largest absolute Gasteiger partial charge is 0.397 e. The van der Waals surface area contributed by atoms with Crippen LogP contribution in [0.4, 0.5) is 5.69 Å². The summed E-state index contributed by atoms with van der Waals surface area (Å²) in [4.78, 5) is 17.6. The number of carbonyl (C=O) groups is 1. The number of methoxy groups -OCH3 is 1. The maximum absolute atomic E-state index is 12.7. The first-order valence-corrected chi connectivity index (χ1v) is 7.18. The number of hydrogen-bond donors (Lipinski definition) is 2. The van der Waals surface area contributed by atoms with Gasteiger partial charge in [0.25, 0.3) is 5.91 Å². The lowest BCUT2D eigenvalue weighted by Gasteiger charge is -2.23. The first-order chi connectivity index (χ1) is 10.0. The summed E-state index contributed by atoms with van der Waals surface area (Å²) in [6.45, 7) is 6.00. The molecule has 0 saturated heterocycles. The highest BCUT2D eigenvalue weighted by atomic mass is 16.5. The van der Waals surface area contributed by atoms with E-state index in [9.17, 15) is 4.79 Å². The minimum Gasteiger partial charge on any atom is -0.397 e. The summed E-state index contributed by atoms with van der Waals surface area (Å²) >= 11 is 0. The summed E-state index contributed by atoms with van der Waals surface area (Å²) in [6.07, 6.45) is 0. The lowest BCUT2D eigenvalue weighted by Crippen LogP contribution is -2.36. The van der Waals surface area contributed by atoms with Gasteiger partial charge < -0.3 is 20.4 Å². The first-order valence-electron chi connectivity index (χ1n) is 7.18. The number of H-pyrrole nitrogens is 1. The number of rotatable bonds is 6. The lowest BCUT2D eigenvalue weighted by atomic mass is 10.2. The number of carbonyl (C=O) groups excluding carboxylic acids is 1. The Morgan fingerprint density at radius 2 is 2.19 bits per heavy atom. The molecule has 1 aromatic heterocycles. The Labute approximate surface area is 125 Å². The molecule has 114 valence electrons. The highest BCUT2D eigenvalue weighted by Crippen LogP contribution is 2.22. The number of benzene rings is 1. The summed E-state index contributed by atoms with van der Waals surface area (Å²) in [6, 6.07) is 7.51. The van der Waals surface area contributed by atoms with Gasteiger partial charge in [-0.05, 0) is 18.1 Å². The second-order valence-electron chi connectivity index (χ2n) is 5.63. The van der Waals surface area contributed by atoms with Crippen molar-refractivity contribution in [2.24, 2.45) is 5.92 Å². The molecule has 0 fully saturated rings. The molecule has 5 heteroatoms. The van der Waals surface area contributed by atoms with Gasteiger partial charge >= 0.3 is 0 Å². The highest BCUT2D eigenvalue weighted by molar-refractivity contribution is 6.00. The van der Waals surface area contributed by atoms with Crippen molar-refractivity contribution in [1.29, 1.82) is 0 Å². The molecule has 5 nitrogen and oxygen atoms in total. The van der Waals surface area contributed by atoms with Crippen molar-refractivity contribution in [2.45, 2.75) is 13.8 Å². The van der Waals surface area contributed by atoms with Crippen LogP contribution in [0.5, 0.6) is 0 Å². The van der Waals surface area contributed by atoms with Crippen molar-refractivity contribution in [3.05, 3.63) is 30.0 Å². The van der Waals surface area contributed by atoms with Gasteiger partial charge in [-0.2, -0.15) is 0 Å². The number of nitrogens with one attached hydrogen (secondary N) is 1. The molecule has 0 spiro atoms. The van der Waals surface area contributed by atoms with Crippen LogP contribution < -0.4 is 5.73 Å². The topological polar surface area (TPSA) is 71.3 Å². The van der Waals surface area contributed by atoms with Crippen molar-refractivity contribution in [1.82, 2.24) is 9.88 Å². The number of para-hydroxylation sites is 1. The summed E-state index contributed by atoms with van der Waals surface area (Å²) < 4.78 is 5.09. The predicted octanol–water partition coefficient (Wildman–Crippen LogP) is 2.49.